The van der Waals surface area contributed by atoms with Crippen LogP contribution in [0.1, 0.15) is 66.5 Å². The number of ether oxygens (including phenoxy) is 1. The highest BCUT2D eigenvalue weighted by atomic mass is 16.5. The van der Waals surface area contributed by atoms with E-state index in [-0.39, 0.29) is 16.7 Å². The molecule has 0 unspecified atom stereocenters. The third-order valence-electron chi connectivity index (χ3n) is 7.02. The fraction of sp³-hybridized carbons (Fsp3) is 0.536. The summed E-state index contributed by atoms with van der Waals surface area (Å²) in [5.74, 6) is -1.12. The number of hydrogen-bond donors (Lipinski definition) is 2. The highest BCUT2D eigenvalue weighted by molar-refractivity contribution is 6.09. The van der Waals surface area contributed by atoms with Gasteiger partial charge in [0.05, 0.1) is 11.4 Å². The molecule has 1 aromatic carbocycles. The van der Waals surface area contributed by atoms with Crippen LogP contribution in [0.4, 0.5) is 10.6 Å². The molecule has 38 heavy (non-hydrogen) atoms. The standard InChI is InChI=1S/C28H37N5O5/c1-18-13-27(5,6)17-28(14-18)24(36)32(25(37)30-28)15-23(35)38-16-22(34)29-21-12-20(26(2,3)4)31-33(21)19-10-8-7-9-11-19/h7-12,18H,13-17H2,1-6H3,(H,29,34)(H,30,37)/t18-,28+/m1/s1. The molecule has 10 nitrogen and oxygen atoms in total. The van der Waals surface area contributed by atoms with Crippen LogP contribution in [0, 0.1) is 11.3 Å². The topological polar surface area (TPSA) is 123 Å². The van der Waals surface area contributed by atoms with Crippen molar-refractivity contribution in [1.82, 2.24) is 20.0 Å². The Morgan fingerprint density at radius 2 is 1.84 bits per heavy atom. The average molecular weight is 524 g/mol. The first-order chi connectivity index (χ1) is 17.7. The lowest BCUT2D eigenvalue weighted by molar-refractivity contribution is -0.150. The van der Waals surface area contributed by atoms with Gasteiger partial charge in [-0.3, -0.25) is 19.3 Å². The number of hydrogen-bond acceptors (Lipinski definition) is 6. The first-order valence-corrected chi connectivity index (χ1v) is 12.9. The number of carbonyl (C=O) groups excluding carboxylic acids is 4. The Morgan fingerprint density at radius 3 is 2.47 bits per heavy atom. The molecule has 1 aliphatic carbocycles. The Morgan fingerprint density at radius 1 is 1.16 bits per heavy atom. The van der Waals surface area contributed by atoms with Crippen molar-refractivity contribution < 1.29 is 23.9 Å². The number of aromatic nitrogens is 2. The molecular weight excluding hydrogens is 486 g/mol. The van der Waals surface area contributed by atoms with Crippen molar-refractivity contribution in [2.45, 2.75) is 71.8 Å². The maximum absolute atomic E-state index is 13.2. The zero-order chi connectivity index (χ0) is 27.9. The van der Waals surface area contributed by atoms with Crippen molar-refractivity contribution in [2.24, 2.45) is 11.3 Å². The number of rotatable bonds is 6. The number of amides is 4. The summed E-state index contributed by atoms with van der Waals surface area (Å²) in [6.07, 6.45) is 1.99. The van der Waals surface area contributed by atoms with E-state index >= 15 is 0 Å². The van der Waals surface area contributed by atoms with E-state index < -0.39 is 42.5 Å². The van der Waals surface area contributed by atoms with Crippen molar-refractivity contribution in [3.8, 4) is 5.69 Å². The normalized spacial score (nSPS) is 22.9. The molecule has 204 valence electrons. The van der Waals surface area contributed by atoms with Gasteiger partial charge in [0.1, 0.15) is 17.9 Å². The molecule has 2 heterocycles. The number of imide groups is 1. The van der Waals surface area contributed by atoms with Crippen LogP contribution in [0.25, 0.3) is 5.69 Å². The number of benzene rings is 1. The summed E-state index contributed by atoms with van der Waals surface area (Å²) in [7, 11) is 0. The van der Waals surface area contributed by atoms with Crippen molar-refractivity contribution in [3.63, 3.8) is 0 Å². The van der Waals surface area contributed by atoms with Gasteiger partial charge in [-0.25, -0.2) is 9.48 Å². The third-order valence-corrected chi connectivity index (χ3v) is 7.02. The zero-order valence-electron chi connectivity index (χ0n) is 23.0. The largest absolute Gasteiger partial charge is 0.454 e. The van der Waals surface area contributed by atoms with Gasteiger partial charge in [-0.15, -0.1) is 0 Å². The van der Waals surface area contributed by atoms with Gasteiger partial charge in [0, 0.05) is 11.5 Å². The molecule has 0 radical (unpaired) electrons. The van der Waals surface area contributed by atoms with Gasteiger partial charge in [0.15, 0.2) is 6.61 Å². The van der Waals surface area contributed by atoms with E-state index in [1.165, 1.54) is 0 Å². The molecule has 4 rings (SSSR count). The molecule has 1 spiro atoms. The third kappa shape index (κ3) is 5.74. The van der Waals surface area contributed by atoms with Crippen LogP contribution < -0.4 is 10.6 Å². The number of urea groups is 1. The van der Waals surface area contributed by atoms with Crippen LogP contribution in [0.5, 0.6) is 0 Å². The maximum atomic E-state index is 13.2. The van der Waals surface area contributed by atoms with Crippen molar-refractivity contribution >= 4 is 29.6 Å². The summed E-state index contributed by atoms with van der Waals surface area (Å²) < 4.78 is 6.76. The lowest BCUT2D eigenvalue weighted by atomic mass is 9.64. The predicted octanol–water partition coefficient (Wildman–Crippen LogP) is 3.79. The van der Waals surface area contributed by atoms with E-state index in [0.29, 0.717) is 18.7 Å². The molecule has 1 aromatic heterocycles. The highest BCUT2D eigenvalue weighted by Gasteiger charge is 2.56. The Hall–Kier alpha value is -3.69. The summed E-state index contributed by atoms with van der Waals surface area (Å²) in [4.78, 5) is 52.0. The molecule has 2 fully saturated rings. The SMILES string of the molecule is C[C@@H]1CC(C)(C)C[C@]2(C1)NC(=O)N(CC(=O)OCC(=O)Nc1cc(C(C)(C)C)nn1-c1ccccc1)C2=O. The minimum Gasteiger partial charge on any atom is -0.454 e. The minimum atomic E-state index is -1.00. The Balaban J connectivity index is 1.38. The van der Waals surface area contributed by atoms with Gasteiger partial charge < -0.3 is 15.4 Å². The van der Waals surface area contributed by atoms with E-state index in [0.717, 1.165) is 22.7 Å². The van der Waals surface area contributed by atoms with E-state index in [9.17, 15) is 19.2 Å². The summed E-state index contributed by atoms with van der Waals surface area (Å²) >= 11 is 0. The summed E-state index contributed by atoms with van der Waals surface area (Å²) in [6, 6.07) is 10.5. The summed E-state index contributed by atoms with van der Waals surface area (Å²) in [6.45, 7) is 11.2. The molecule has 1 aliphatic heterocycles. The van der Waals surface area contributed by atoms with Crippen molar-refractivity contribution in [1.29, 1.82) is 0 Å². The molecule has 2 atom stereocenters. The van der Waals surface area contributed by atoms with Gasteiger partial charge in [-0.2, -0.15) is 5.10 Å². The predicted molar refractivity (Wildman–Crippen MR) is 142 cm³/mol. The Bertz CT molecular complexity index is 1250. The lowest BCUT2D eigenvalue weighted by Crippen LogP contribution is -2.54. The molecular formula is C28H37N5O5. The second-order valence-electron chi connectivity index (χ2n) is 12.4. The number of nitrogens with zero attached hydrogens (tertiary/aromatic N) is 3. The van der Waals surface area contributed by atoms with E-state index in [4.69, 9.17) is 4.74 Å². The number of para-hydroxylation sites is 1. The molecule has 1 saturated heterocycles. The van der Waals surface area contributed by atoms with Gasteiger partial charge in [-0.1, -0.05) is 59.7 Å². The molecule has 0 bridgehead atoms. The van der Waals surface area contributed by atoms with Crippen molar-refractivity contribution in [2.75, 3.05) is 18.5 Å². The summed E-state index contributed by atoms with van der Waals surface area (Å²) in [5, 5.41) is 10.2. The minimum absolute atomic E-state index is 0.117. The van der Waals surface area contributed by atoms with Gasteiger partial charge in [0.2, 0.25) is 0 Å². The molecule has 2 aromatic rings. The van der Waals surface area contributed by atoms with Crippen LogP contribution in [0.15, 0.2) is 36.4 Å². The fourth-order valence-electron chi connectivity index (χ4n) is 5.75. The monoisotopic (exact) mass is 523 g/mol. The second-order valence-corrected chi connectivity index (χ2v) is 12.4. The average Bonchev–Trinajstić information content (AvgIpc) is 3.32. The van der Waals surface area contributed by atoms with Crippen LogP contribution in [0.3, 0.4) is 0 Å². The number of nitrogens with one attached hydrogen (secondary N) is 2. The van der Waals surface area contributed by atoms with Crippen LogP contribution in [-0.4, -0.2) is 57.2 Å². The highest BCUT2D eigenvalue weighted by Crippen LogP contribution is 2.46. The second kappa shape index (κ2) is 9.89. The molecule has 10 heteroatoms. The number of esters is 1. The maximum Gasteiger partial charge on any atom is 0.326 e. The van der Waals surface area contributed by atoms with E-state index in [1.54, 1.807) is 10.7 Å². The smallest absolute Gasteiger partial charge is 0.326 e. The van der Waals surface area contributed by atoms with Gasteiger partial charge >= 0.3 is 12.0 Å². The molecule has 1 saturated carbocycles. The quantitative estimate of drug-likeness (QED) is 0.439. The summed E-state index contributed by atoms with van der Waals surface area (Å²) in [5.41, 5.74) is 0.173. The van der Waals surface area contributed by atoms with E-state index in [1.807, 2.05) is 51.1 Å². The lowest BCUT2D eigenvalue weighted by Gasteiger charge is -2.43. The van der Waals surface area contributed by atoms with Gasteiger partial charge in [-0.05, 0) is 42.7 Å². The fourth-order valence-corrected chi connectivity index (χ4v) is 5.75. The number of anilines is 1. The van der Waals surface area contributed by atoms with Gasteiger partial charge in [0.25, 0.3) is 11.8 Å². The Labute approximate surface area is 223 Å². The van der Waals surface area contributed by atoms with Crippen LogP contribution in [0.2, 0.25) is 0 Å². The molecule has 4 amide bonds. The zero-order valence-corrected chi connectivity index (χ0v) is 23.0. The van der Waals surface area contributed by atoms with Crippen LogP contribution in [-0.2, 0) is 24.5 Å². The first-order valence-electron chi connectivity index (χ1n) is 12.9. The first kappa shape index (κ1) is 27.3. The Kier molecular flexibility index (Phi) is 7.11. The molecule has 2 N–H and O–H groups in total. The molecule has 2 aliphatic rings. The number of carbonyl (C=O) groups is 4. The van der Waals surface area contributed by atoms with E-state index in [2.05, 4.69) is 36.5 Å². The van der Waals surface area contributed by atoms with Crippen LogP contribution >= 0.6 is 0 Å². The van der Waals surface area contributed by atoms with Crippen molar-refractivity contribution in [3.05, 3.63) is 42.1 Å².